The normalized spacial score (nSPS) is 14.0. The molecule has 2 aromatic carbocycles. The van der Waals surface area contributed by atoms with Gasteiger partial charge in [-0.05, 0) is 64.9 Å². The monoisotopic (exact) mass is 280 g/mol. The van der Waals surface area contributed by atoms with Crippen LogP contribution in [-0.4, -0.2) is 18.2 Å². The van der Waals surface area contributed by atoms with Crippen LogP contribution in [0.1, 0.15) is 22.3 Å². The minimum Gasteiger partial charge on any atom is -0.497 e. The van der Waals surface area contributed by atoms with Gasteiger partial charge in [-0.25, -0.2) is 4.79 Å². The standard InChI is InChI=1S/C18H16O3/c1-10-4-6-13-16(9-17(19)20)15-8-12(21-3)5-7-14(15)18(13)11(10)2/h4-9H,1-3H3,(H,19,20)/b16-9+. The average Bonchev–Trinajstić information content (AvgIpc) is 2.76. The van der Waals surface area contributed by atoms with Crippen LogP contribution in [0.3, 0.4) is 0 Å². The summed E-state index contributed by atoms with van der Waals surface area (Å²) >= 11 is 0. The van der Waals surface area contributed by atoms with E-state index in [1.54, 1.807) is 7.11 Å². The lowest BCUT2D eigenvalue weighted by Gasteiger charge is -2.08. The minimum atomic E-state index is -0.940. The van der Waals surface area contributed by atoms with E-state index < -0.39 is 5.97 Å². The number of carbonyl (C=O) groups is 1. The predicted octanol–water partition coefficient (Wildman–Crippen LogP) is 3.81. The molecule has 0 aliphatic heterocycles. The van der Waals surface area contributed by atoms with Crippen molar-refractivity contribution in [3.8, 4) is 16.9 Å². The van der Waals surface area contributed by atoms with Crippen LogP contribution in [0.5, 0.6) is 5.75 Å². The fourth-order valence-electron chi connectivity index (χ4n) is 2.90. The van der Waals surface area contributed by atoms with E-state index in [9.17, 15) is 4.79 Å². The Bertz CT molecular complexity index is 785. The Balaban J connectivity index is 2.37. The third kappa shape index (κ3) is 2.02. The van der Waals surface area contributed by atoms with Crippen molar-refractivity contribution in [1.82, 2.24) is 0 Å². The lowest BCUT2D eigenvalue weighted by atomic mass is 9.96. The Morgan fingerprint density at radius 1 is 1.10 bits per heavy atom. The molecule has 1 aliphatic rings. The summed E-state index contributed by atoms with van der Waals surface area (Å²) in [5, 5.41) is 9.17. The number of aliphatic carboxylic acids is 1. The SMILES string of the molecule is COc1ccc2c(c1)/C(=C/C(=O)O)c1ccc(C)c(C)c1-2. The van der Waals surface area contributed by atoms with Crippen molar-refractivity contribution in [2.75, 3.05) is 7.11 Å². The fraction of sp³-hybridized carbons (Fsp3) is 0.167. The van der Waals surface area contributed by atoms with Crippen molar-refractivity contribution in [3.05, 3.63) is 58.7 Å². The summed E-state index contributed by atoms with van der Waals surface area (Å²) in [6.07, 6.45) is 1.28. The molecular formula is C18H16O3. The molecule has 3 nitrogen and oxygen atoms in total. The molecule has 0 bridgehead atoms. The molecule has 0 saturated heterocycles. The van der Waals surface area contributed by atoms with Crippen molar-refractivity contribution in [2.45, 2.75) is 13.8 Å². The van der Waals surface area contributed by atoms with Crippen LogP contribution in [0.4, 0.5) is 0 Å². The van der Waals surface area contributed by atoms with Gasteiger partial charge in [-0.1, -0.05) is 18.2 Å². The molecule has 0 saturated carbocycles. The highest BCUT2D eigenvalue weighted by Crippen LogP contribution is 2.47. The zero-order valence-electron chi connectivity index (χ0n) is 12.2. The van der Waals surface area contributed by atoms with Gasteiger partial charge < -0.3 is 9.84 Å². The maximum Gasteiger partial charge on any atom is 0.328 e. The van der Waals surface area contributed by atoms with Gasteiger partial charge in [-0.3, -0.25) is 0 Å². The van der Waals surface area contributed by atoms with Crippen LogP contribution in [0, 0.1) is 13.8 Å². The van der Waals surface area contributed by atoms with Crippen molar-refractivity contribution < 1.29 is 14.6 Å². The summed E-state index contributed by atoms with van der Waals surface area (Å²) in [7, 11) is 1.61. The zero-order valence-corrected chi connectivity index (χ0v) is 12.2. The molecule has 0 radical (unpaired) electrons. The van der Waals surface area contributed by atoms with Crippen molar-refractivity contribution in [2.24, 2.45) is 0 Å². The molecule has 3 rings (SSSR count). The summed E-state index contributed by atoms with van der Waals surface area (Å²) in [5.74, 6) is -0.211. The predicted molar refractivity (Wildman–Crippen MR) is 82.6 cm³/mol. The summed E-state index contributed by atoms with van der Waals surface area (Å²) in [5.41, 5.74) is 7.22. The maximum atomic E-state index is 11.2. The molecule has 2 aromatic rings. The second-order valence-electron chi connectivity index (χ2n) is 5.24. The smallest absolute Gasteiger partial charge is 0.328 e. The third-order valence-corrected chi connectivity index (χ3v) is 4.08. The van der Waals surface area contributed by atoms with Gasteiger partial charge in [0.2, 0.25) is 0 Å². The van der Waals surface area contributed by atoms with E-state index in [-0.39, 0.29) is 0 Å². The highest BCUT2D eigenvalue weighted by molar-refractivity contribution is 6.07. The molecule has 0 amide bonds. The van der Waals surface area contributed by atoms with E-state index in [1.807, 2.05) is 30.3 Å². The quantitative estimate of drug-likeness (QED) is 0.726. The van der Waals surface area contributed by atoms with E-state index in [4.69, 9.17) is 9.84 Å². The number of aryl methyl sites for hydroxylation is 1. The Hall–Kier alpha value is -2.55. The minimum absolute atomic E-state index is 0.729. The molecule has 0 aromatic heterocycles. The number of carboxylic acid groups (broad SMARTS) is 1. The van der Waals surface area contributed by atoms with E-state index in [0.29, 0.717) is 0 Å². The van der Waals surface area contributed by atoms with Crippen molar-refractivity contribution in [1.29, 1.82) is 0 Å². The molecule has 0 spiro atoms. The summed E-state index contributed by atoms with van der Waals surface area (Å²) < 4.78 is 5.27. The first kappa shape index (κ1) is 13.4. The number of carboxylic acids is 1. The first-order chi connectivity index (χ1) is 10.0. The Morgan fingerprint density at radius 2 is 1.81 bits per heavy atom. The van der Waals surface area contributed by atoms with Gasteiger partial charge in [0.1, 0.15) is 5.75 Å². The molecule has 1 N–H and O–H groups in total. The molecule has 0 unspecified atom stereocenters. The molecule has 3 heteroatoms. The molecule has 0 fully saturated rings. The van der Waals surface area contributed by atoms with E-state index in [2.05, 4.69) is 13.8 Å². The topological polar surface area (TPSA) is 46.5 Å². The Morgan fingerprint density at radius 3 is 2.48 bits per heavy atom. The number of fused-ring (bicyclic) bond motifs is 3. The average molecular weight is 280 g/mol. The van der Waals surface area contributed by atoms with Gasteiger partial charge in [0.25, 0.3) is 0 Å². The van der Waals surface area contributed by atoms with Crippen molar-refractivity contribution >= 4 is 11.5 Å². The third-order valence-electron chi connectivity index (χ3n) is 4.08. The first-order valence-electron chi connectivity index (χ1n) is 6.77. The van der Waals surface area contributed by atoms with Crippen LogP contribution in [0.15, 0.2) is 36.4 Å². The van der Waals surface area contributed by atoms with Crippen molar-refractivity contribution in [3.63, 3.8) is 0 Å². The highest BCUT2D eigenvalue weighted by Gasteiger charge is 2.26. The summed E-state index contributed by atoms with van der Waals surface area (Å²) in [4.78, 5) is 11.2. The number of methoxy groups -OCH3 is 1. The number of hydrogen-bond acceptors (Lipinski definition) is 2. The number of hydrogen-bond donors (Lipinski definition) is 1. The van der Waals surface area contributed by atoms with Gasteiger partial charge in [0, 0.05) is 6.08 Å². The fourth-order valence-corrected chi connectivity index (χ4v) is 2.90. The second kappa shape index (κ2) is 4.77. The maximum absolute atomic E-state index is 11.2. The Labute approximate surface area is 123 Å². The van der Waals surface area contributed by atoms with Crippen LogP contribution < -0.4 is 4.74 Å². The van der Waals surface area contributed by atoms with Gasteiger partial charge in [0.15, 0.2) is 0 Å². The van der Waals surface area contributed by atoms with Gasteiger partial charge in [0.05, 0.1) is 7.11 Å². The zero-order chi connectivity index (χ0) is 15.1. The Kier molecular flexibility index (Phi) is 3.05. The first-order valence-corrected chi connectivity index (χ1v) is 6.77. The largest absolute Gasteiger partial charge is 0.497 e. The number of benzene rings is 2. The van der Waals surface area contributed by atoms with E-state index >= 15 is 0 Å². The van der Waals surface area contributed by atoms with E-state index in [0.717, 1.165) is 33.6 Å². The van der Waals surface area contributed by atoms with Crippen LogP contribution in [-0.2, 0) is 4.79 Å². The highest BCUT2D eigenvalue weighted by atomic mass is 16.5. The van der Waals surface area contributed by atoms with Crippen LogP contribution in [0.2, 0.25) is 0 Å². The number of rotatable bonds is 2. The van der Waals surface area contributed by atoms with E-state index in [1.165, 1.54) is 17.2 Å². The number of ether oxygens (including phenoxy) is 1. The summed E-state index contributed by atoms with van der Waals surface area (Å²) in [6.45, 7) is 4.14. The molecule has 1 aliphatic carbocycles. The van der Waals surface area contributed by atoms with Crippen LogP contribution >= 0.6 is 0 Å². The lowest BCUT2D eigenvalue weighted by Crippen LogP contribution is -1.92. The second-order valence-corrected chi connectivity index (χ2v) is 5.24. The molecular weight excluding hydrogens is 264 g/mol. The molecule has 106 valence electrons. The lowest BCUT2D eigenvalue weighted by molar-refractivity contribution is -0.131. The van der Waals surface area contributed by atoms with Gasteiger partial charge >= 0.3 is 5.97 Å². The molecule has 21 heavy (non-hydrogen) atoms. The summed E-state index contributed by atoms with van der Waals surface area (Å²) in [6, 6.07) is 9.85. The van der Waals surface area contributed by atoms with Gasteiger partial charge in [-0.15, -0.1) is 0 Å². The molecule has 0 atom stereocenters. The molecule has 0 heterocycles. The van der Waals surface area contributed by atoms with Gasteiger partial charge in [-0.2, -0.15) is 0 Å². The van der Waals surface area contributed by atoms with Crippen LogP contribution in [0.25, 0.3) is 16.7 Å².